The van der Waals surface area contributed by atoms with Crippen molar-refractivity contribution in [3.8, 4) is 0 Å². The summed E-state index contributed by atoms with van der Waals surface area (Å²) in [5.74, 6) is 0. The van der Waals surface area contributed by atoms with Gasteiger partial charge in [0.25, 0.3) is 0 Å². The Kier molecular flexibility index (Phi) is 5.20. The monoisotopic (exact) mass is 337 g/mol. The predicted octanol–water partition coefficient (Wildman–Crippen LogP) is 5.22. The minimum Gasteiger partial charge on any atom is -0.306 e. The third-order valence-corrected chi connectivity index (χ3v) is 5.00. The molecular formula is C16H20BrNS. The molecule has 1 aromatic carbocycles. The molecule has 0 saturated carbocycles. The average molecular weight is 338 g/mol. The quantitative estimate of drug-likeness (QED) is 0.788. The lowest BCUT2D eigenvalue weighted by Crippen LogP contribution is -2.23. The maximum Gasteiger partial charge on any atom is 0.0701 e. The average Bonchev–Trinajstić information content (AvgIpc) is 2.81. The molecule has 0 fully saturated rings. The van der Waals surface area contributed by atoms with E-state index in [2.05, 4.69) is 71.7 Å². The second-order valence-electron chi connectivity index (χ2n) is 4.86. The van der Waals surface area contributed by atoms with Crippen molar-refractivity contribution in [2.45, 2.75) is 33.2 Å². The summed E-state index contributed by atoms with van der Waals surface area (Å²) in [5.41, 5.74) is 5.48. The first-order valence-electron chi connectivity index (χ1n) is 6.67. The van der Waals surface area contributed by atoms with Gasteiger partial charge in [-0.2, -0.15) is 0 Å². The summed E-state index contributed by atoms with van der Waals surface area (Å²) in [6.45, 7) is 7.63. The number of benzene rings is 1. The topological polar surface area (TPSA) is 12.0 Å². The fourth-order valence-corrected chi connectivity index (χ4v) is 3.46. The number of aryl methyl sites for hydroxylation is 1. The van der Waals surface area contributed by atoms with Crippen molar-refractivity contribution in [3.05, 3.63) is 55.7 Å². The third-order valence-electron chi connectivity index (χ3n) is 3.48. The highest BCUT2D eigenvalue weighted by atomic mass is 79.9. The van der Waals surface area contributed by atoms with Gasteiger partial charge in [0.05, 0.1) is 9.83 Å². The van der Waals surface area contributed by atoms with Crippen molar-refractivity contribution in [1.29, 1.82) is 0 Å². The van der Waals surface area contributed by atoms with Crippen molar-refractivity contribution < 1.29 is 0 Å². The largest absolute Gasteiger partial charge is 0.306 e. The summed E-state index contributed by atoms with van der Waals surface area (Å²) in [4.78, 5) is 0. The van der Waals surface area contributed by atoms with E-state index in [0.717, 1.165) is 13.0 Å². The Morgan fingerprint density at radius 2 is 2.11 bits per heavy atom. The van der Waals surface area contributed by atoms with E-state index in [0.29, 0.717) is 6.04 Å². The second kappa shape index (κ2) is 6.69. The van der Waals surface area contributed by atoms with Gasteiger partial charge in [-0.1, -0.05) is 25.1 Å². The van der Waals surface area contributed by atoms with Gasteiger partial charge in [-0.25, -0.2) is 0 Å². The van der Waals surface area contributed by atoms with Crippen molar-refractivity contribution in [3.63, 3.8) is 0 Å². The minimum absolute atomic E-state index is 0.294. The Balaban J connectivity index is 2.39. The lowest BCUT2D eigenvalue weighted by atomic mass is 9.94. The Morgan fingerprint density at radius 3 is 2.74 bits per heavy atom. The molecule has 2 aromatic rings. The molecule has 19 heavy (non-hydrogen) atoms. The number of rotatable bonds is 5. The highest BCUT2D eigenvalue weighted by molar-refractivity contribution is 9.11. The van der Waals surface area contributed by atoms with Crippen molar-refractivity contribution in [1.82, 2.24) is 5.32 Å². The molecule has 0 aliphatic rings. The first-order chi connectivity index (χ1) is 9.13. The normalized spacial score (nSPS) is 12.6. The third kappa shape index (κ3) is 3.47. The fourth-order valence-electron chi connectivity index (χ4n) is 2.26. The molecule has 0 amide bonds. The van der Waals surface area contributed by atoms with Gasteiger partial charge in [0.15, 0.2) is 0 Å². The molecule has 0 spiro atoms. The summed E-state index contributed by atoms with van der Waals surface area (Å²) in [6, 6.07) is 9.09. The van der Waals surface area contributed by atoms with Crippen molar-refractivity contribution in [2.24, 2.45) is 0 Å². The SMILES string of the molecule is CCCNC(c1csc(Br)c1)c1cccc(C)c1C. The van der Waals surface area contributed by atoms with Crippen LogP contribution in [0.25, 0.3) is 0 Å². The zero-order valence-electron chi connectivity index (χ0n) is 11.7. The summed E-state index contributed by atoms with van der Waals surface area (Å²) >= 11 is 5.31. The molecule has 3 heteroatoms. The maximum atomic E-state index is 3.67. The van der Waals surface area contributed by atoms with Crippen LogP contribution in [0.4, 0.5) is 0 Å². The number of hydrogen-bond donors (Lipinski definition) is 1. The minimum atomic E-state index is 0.294. The molecule has 0 bridgehead atoms. The van der Waals surface area contributed by atoms with E-state index in [4.69, 9.17) is 0 Å². The number of halogens is 1. The maximum absolute atomic E-state index is 3.67. The molecule has 0 aliphatic heterocycles. The fraction of sp³-hybridized carbons (Fsp3) is 0.375. The highest BCUT2D eigenvalue weighted by Crippen LogP contribution is 2.31. The van der Waals surface area contributed by atoms with Crippen molar-refractivity contribution in [2.75, 3.05) is 6.54 Å². The van der Waals surface area contributed by atoms with E-state index >= 15 is 0 Å². The van der Waals surface area contributed by atoms with Gasteiger partial charge in [-0.15, -0.1) is 11.3 Å². The predicted molar refractivity (Wildman–Crippen MR) is 88.1 cm³/mol. The van der Waals surface area contributed by atoms with Crippen LogP contribution in [0.15, 0.2) is 33.4 Å². The summed E-state index contributed by atoms with van der Waals surface area (Å²) in [6.07, 6.45) is 1.15. The van der Waals surface area contributed by atoms with Crippen LogP contribution >= 0.6 is 27.3 Å². The molecule has 1 aromatic heterocycles. The molecule has 2 rings (SSSR count). The van der Waals surface area contributed by atoms with E-state index < -0.39 is 0 Å². The van der Waals surface area contributed by atoms with Crippen LogP contribution < -0.4 is 5.32 Å². The number of thiophene rings is 1. The van der Waals surface area contributed by atoms with Crippen LogP contribution in [0.2, 0.25) is 0 Å². The molecular weight excluding hydrogens is 318 g/mol. The highest BCUT2D eigenvalue weighted by Gasteiger charge is 2.17. The van der Waals surface area contributed by atoms with Crippen LogP contribution in [0.1, 0.15) is 41.6 Å². The first kappa shape index (κ1) is 14.8. The van der Waals surface area contributed by atoms with Gasteiger partial charge in [0.1, 0.15) is 0 Å². The lowest BCUT2D eigenvalue weighted by Gasteiger charge is -2.21. The first-order valence-corrected chi connectivity index (χ1v) is 8.34. The Bertz CT molecular complexity index is 547. The zero-order chi connectivity index (χ0) is 13.8. The molecule has 1 N–H and O–H groups in total. The molecule has 1 nitrogen and oxygen atoms in total. The summed E-state index contributed by atoms with van der Waals surface area (Å²) < 4.78 is 1.19. The standard InChI is InChI=1S/C16H20BrNS/c1-4-8-18-16(13-9-15(17)19-10-13)14-7-5-6-11(2)12(14)3/h5-7,9-10,16,18H,4,8H2,1-3H3. The number of hydrogen-bond acceptors (Lipinski definition) is 2. The smallest absolute Gasteiger partial charge is 0.0701 e. The van der Waals surface area contributed by atoms with Gasteiger partial charge in [0, 0.05) is 0 Å². The molecule has 1 atom stereocenters. The van der Waals surface area contributed by atoms with Crippen LogP contribution in [0.5, 0.6) is 0 Å². The molecule has 0 radical (unpaired) electrons. The molecule has 1 heterocycles. The Hall–Kier alpha value is -0.640. The van der Waals surface area contributed by atoms with E-state index in [-0.39, 0.29) is 0 Å². The lowest BCUT2D eigenvalue weighted by molar-refractivity contribution is 0.597. The van der Waals surface area contributed by atoms with Gasteiger partial charge in [-0.05, 0) is 76.4 Å². The molecule has 0 aliphatic carbocycles. The zero-order valence-corrected chi connectivity index (χ0v) is 14.1. The molecule has 1 unspecified atom stereocenters. The van der Waals surface area contributed by atoms with Crippen LogP contribution in [-0.4, -0.2) is 6.54 Å². The summed E-state index contributed by atoms with van der Waals surface area (Å²) in [7, 11) is 0. The van der Waals surface area contributed by atoms with E-state index in [1.165, 1.54) is 26.0 Å². The van der Waals surface area contributed by atoms with Gasteiger partial charge in [0.2, 0.25) is 0 Å². The van der Waals surface area contributed by atoms with Crippen LogP contribution in [-0.2, 0) is 0 Å². The molecule has 0 saturated heterocycles. The number of nitrogens with one attached hydrogen (secondary N) is 1. The van der Waals surface area contributed by atoms with Gasteiger partial charge in [-0.3, -0.25) is 0 Å². The van der Waals surface area contributed by atoms with Crippen LogP contribution in [0.3, 0.4) is 0 Å². The van der Waals surface area contributed by atoms with Gasteiger partial charge < -0.3 is 5.32 Å². The second-order valence-corrected chi connectivity index (χ2v) is 7.15. The van der Waals surface area contributed by atoms with E-state index in [9.17, 15) is 0 Å². The Labute approximate surface area is 128 Å². The van der Waals surface area contributed by atoms with Gasteiger partial charge >= 0.3 is 0 Å². The Morgan fingerprint density at radius 1 is 1.32 bits per heavy atom. The van der Waals surface area contributed by atoms with Crippen molar-refractivity contribution >= 4 is 27.3 Å². The van der Waals surface area contributed by atoms with Crippen LogP contribution in [0, 0.1) is 13.8 Å². The van der Waals surface area contributed by atoms with E-state index in [1.54, 1.807) is 11.3 Å². The molecule has 102 valence electrons. The summed E-state index contributed by atoms with van der Waals surface area (Å²) in [5, 5.41) is 5.90. The van der Waals surface area contributed by atoms with E-state index in [1.807, 2.05) is 0 Å².